The van der Waals surface area contributed by atoms with Crippen LogP contribution in [0.1, 0.15) is 0 Å². The van der Waals surface area contributed by atoms with Gasteiger partial charge in [0.1, 0.15) is 0 Å². The van der Waals surface area contributed by atoms with Gasteiger partial charge in [0, 0.05) is 5.57 Å². The lowest BCUT2D eigenvalue weighted by Crippen LogP contribution is -2.10. The largest absolute Gasteiger partial charge is 0.397 e. The molecule has 0 heterocycles. The highest BCUT2D eigenvalue weighted by atomic mass is 14.6. The molecule has 1 rings (SSSR count). The van der Waals surface area contributed by atoms with E-state index in [0.717, 1.165) is 0 Å². The molecule has 1 aliphatic rings. The zero-order valence-corrected chi connectivity index (χ0v) is 5.31. The van der Waals surface area contributed by atoms with Crippen LogP contribution in [0.2, 0.25) is 0 Å². The van der Waals surface area contributed by atoms with Crippen molar-refractivity contribution in [1.29, 1.82) is 10.8 Å². The van der Waals surface area contributed by atoms with Crippen LogP contribution in [0.25, 0.3) is 0 Å². The van der Waals surface area contributed by atoms with Gasteiger partial charge in [-0.15, -0.1) is 0 Å². The molecule has 0 aromatic carbocycles. The maximum atomic E-state index is 7.18. The predicted octanol–water partition coefficient (Wildman–Crippen LogP) is 0.593. The quantitative estimate of drug-likeness (QED) is 0.416. The van der Waals surface area contributed by atoms with Crippen molar-refractivity contribution >= 4 is 11.6 Å². The molecule has 3 heteroatoms. The van der Waals surface area contributed by atoms with Crippen molar-refractivity contribution < 1.29 is 0 Å². The molecule has 0 bridgehead atoms. The van der Waals surface area contributed by atoms with Crippen molar-refractivity contribution in [1.82, 2.24) is 0 Å². The van der Waals surface area contributed by atoms with Crippen LogP contribution >= 0.6 is 0 Å². The Labute approximate surface area is 58.6 Å². The van der Waals surface area contributed by atoms with E-state index in [2.05, 4.69) is 5.87 Å². The Balaban J connectivity index is 3.06. The summed E-state index contributed by atoms with van der Waals surface area (Å²) in [6, 6.07) is 0. The van der Waals surface area contributed by atoms with Crippen molar-refractivity contribution in [3.8, 4) is 0 Å². The molecular weight excluding hydrogens is 126 g/mol. The number of nitrogens with two attached hydrogens (primary N) is 1. The molecule has 50 valence electrons. The van der Waals surface area contributed by atoms with Gasteiger partial charge in [-0.2, -0.15) is 0 Å². The van der Waals surface area contributed by atoms with Gasteiger partial charge in [-0.25, -0.2) is 0 Å². The lowest BCUT2D eigenvalue weighted by Gasteiger charge is -2.02. The minimum Gasteiger partial charge on any atom is -0.397 e. The molecule has 0 amide bonds. The summed E-state index contributed by atoms with van der Waals surface area (Å²) in [4.78, 5) is 0. The standard InChI is InChI=1S/C7H7N3/c8-4-5-1-2-6(9)7(10)3-5/h1-3,8-9H,10H2. The number of hydrogen-bond acceptors (Lipinski definition) is 3. The fraction of sp³-hybridized carbons (Fsp3) is 0. The molecule has 1 aliphatic carbocycles. The third-order valence-corrected chi connectivity index (χ3v) is 1.20. The van der Waals surface area contributed by atoms with Gasteiger partial charge in [0.05, 0.1) is 11.4 Å². The summed E-state index contributed by atoms with van der Waals surface area (Å²) in [6.45, 7) is 0. The summed E-state index contributed by atoms with van der Waals surface area (Å²) in [6.07, 6.45) is 4.73. The van der Waals surface area contributed by atoms with Gasteiger partial charge in [0.2, 0.25) is 0 Å². The Morgan fingerprint density at radius 1 is 1.40 bits per heavy atom. The molecule has 0 aromatic rings. The van der Waals surface area contributed by atoms with Crippen LogP contribution in [0.3, 0.4) is 0 Å². The Morgan fingerprint density at radius 3 is 2.60 bits per heavy atom. The van der Waals surface area contributed by atoms with Crippen LogP contribution in [0.5, 0.6) is 0 Å². The van der Waals surface area contributed by atoms with E-state index in [1.54, 1.807) is 18.2 Å². The Morgan fingerprint density at radius 2 is 2.10 bits per heavy atom. The first-order valence-electron chi connectivity index (χ1n) is 2.78. The molecule has 0 aromatic heterocycles. The van der Waals surface area contributed by atoms with E-state index in [-0.39, 0.29) is 0 Å². The van der Waals surface area contributed by atoms with Crippen molar-refractivity contribution in [2.45, 2.75) is 0 Å². The molecule has 0 saturated carbocycles. The first kappa shape index (κ1) is 6.52. The average Bonchev–Trinajstić information content (AvgIpc) is 1.95. The van der Waals surface area contributed by atoms with Crippen LogP contribution in [-0.2, 0) is 0 Å². The first-order chi connectivity index (χ1) is 4.74. The highest BCUT2D eigenvalue weighted by Gasteiger charge is 2.01. The summed E-state index contributed by atoms with van der Waals surface area (Å²) < 4.78 is 0. The number of rotatable bonds is 0. The van der Waals surface area contributed by atoms with E-state index in [0.29, 0.717) is 17.0 Å². The van der Waals surface area contributed by atoms with E-state index < -0.39 is 0 Å². The number of nitrogens with one attached hydrogen (secondary N) is 2. The molecule has 0 spiro atoms. The zero-order valence-electron chi connectivity index (χ0n) is 5.31. The van der Waals surface area contributed by atoms with E-state index in [1.165, 1.54) is 0 Å². The van der Waals surface area contributed by atoms with Crippen LogP contribution in [0, 0.1) is 10.8 Å². The summed E-state index contributed by atoms with van der Waals surface area (Å²) in [5.74, 6) is 2.18. The topological polar surface area (TPSA) is 73.7 Å². The van der Waals surface area contributed by atoms with Gasteiger partial charge in [-0.05, 0) is 24.1 Å². The smallest absolute Gasteiger partial charge is 0.0770 e. The van der Waals surface area contributed by atoms with Crippen molar-refractivity contribution in [3.05, 3.63) is 29.5 Å². The average molecular weight is 133 g/mol. The van der Waals surface area contributed by atoms with E-state index in [9.17, 15) is 0 Å². The zero-order chi connectivity index (χ0) is 7.56. The SMILES string of the molecule is N=C=C1C=CC(=N)C(N)=C1. The normalized spacial score (nSPS) is 16.6. The highest BCUT2D eigenvalue weighted by molar-refractivity contribution is 6.08. The number of allylic oxidation sites excluding steroid dienone is 4. The van der Waals surface area contributed by atoms with Gasteiger partial charge in [-0.3, -0.25) is 10.8 Å². The van der Waals surface area contributed by atoms with Crippen LogP contribution in [-0.4, -0.2) is 11.6 Å². The van der Waals surface area contributed by atoms with Crippen molar-refractivity contribution in [3.63, 3.8) is 0 Å². The molecule has 10 heavy (non-hydrogen) atoms. The lowest BCUT2D eigenvalue weighted by atomic mass is 10.1. The second kappa shape index (κ2) is 2.33. The summed E-state index contributed by atoms with van der Waals surface area (Å²) >= 11 is 0. The van der Waals surface area contributed by atoms with Crippen LogP contribution < -0.4 is 5.73 Å². The highest BCUT2D eigenvalue weighted by Crippen LogP contribution is 2.05. The van der Waals surface area contributed by atoms with Gasteiger partial charge in [-0.1, -0.05) is 0 Å². The Hall–Kier alpha value is -1.60. The van der Waals surface area contributed by atoms with Gasteiger partial charge < -0.3 is 5.73 Å². The van der Waals surface area contributed by atoms with Gasteiger partial charge in [0.15, 0.2) is 0 Å². The maximum Gasteiger partial charge on any atom is 0.0770 e. The fourth-order valence-electron chi connectivity index (χ4n) is 0.640. The van der Waals surface area contributed by atoms with Crippen LogP contribution in [0.15, 0.2) is 29.5 Å². The molecule has 0 unspecified atom stereocenters. The lowest BCUT2D eigenvalue weighted by molar-refractivity contribution is 1.38. The minimum atomic E-state index is 0.291. The molecule has 4 N–H and O–H groups in total. The van der Waals surface area contributed by atoms with E-state index >= 15 is 0 Å². The third kappa shape index (κ3) is 1.04. The summed E-state index contributed by atoms with van der Waals surface area (Å²) in [7, 11) is 0. The second-order valence-electron chi connectivity index (χ2n) is 1.93. The maximum absolute atomic E-state index is 7.18. The summed E-state index contributed by atoms with van der Waals surface area (Å²) in [5.41, 5.74) is 6.67. The summed E-state index contributed by atoms with van der Waals surface area (Å²) in [5, 5.41) is 13.9. The monoisotopic (exact) mass is 133 g/mol. The Kier molecular flexibility index (Phi) is 1.52. The molecule has 0 atom stereocenters. The molecular formula is C7H7N3. The fourth-order valence-corrected chi connectivity index (χ4v) is 0.640. The van der Waals surface area contributed by atoms with Crippen LogP contribution in [0.4, 0.5) is 0 Å². The molecule has 0 saturated heterocycles. The van der Waals surface area contributed by atoms with E-state index in [4.69, 9.17) is 16.6 Å². The van der Waals surface area contributed by atoms with E-state index in [1.807, 2.05) is 0 Å². The third-order valence-electron chi connectivity index (χ3n) is 1.20. The predicted molar refractivity (Wildman–Crippen MR) is 40.4 cm³/mol. The molecule has 0 radical (unpaired) electrons. The molecule has 0 aliphatic heterocycles. The molecule has 0 fully saturated rings. The number of hydrogen-bond donors (Lipinski definition) is 3. The first-order valence-corrected chi connectivity index (χ1v) is 2.78. The Bertz CT molecular complexity index is 277. The van der Waals surface area contributed by atoms with Crippen molar-refractivity contribution in [2.24, 2.45) is 5.73 Å². The minimum absolute atomic E-state index is 0.291. The van der Waals surface area contributed by atoms with Crippen molar-refractivity contribution in [2.75, 3.05) is 0 Å². The molecule has 3 nitrogen and oxygen atoms in total. The van der Waals surface area contributed by atoms with Gasteiger partial charge in [0.25, 0.3) is 0 Å². The van der Waals surface area contributed by atoms with Gasteiger partial charge >= 0.3 is 0 Å². The second-order valence-corrected chi connectivity index (χ2v) is 1.93.